The lowest BCUT2D eigenvalue weighted by atomic mass is 9.83. The molecule has 1 heterocycles. The van der Waals surface area contributed by atoms with Crippen molar-refractivity contribution in [2.45, 2.75) is 46.1 Å². The minimum atomic E-state index is -0.344. The number of benzene rings is 2. The Morgan fingerprint density at radius 2 is 1.70 bits per heavy atom. The summed E-state index contributed by atoms with van der Waals surface area (Å²) < 4.78 is 5.28. The van der Waals surface area contributed by atoms with Crippen LogP contribution >= 0.6 is 0 Å². The Kier molecular flexibility index (Phi) is 4.29. The fourth-order valence-corrected chi connectivity index (χ4v) is 4.86. The SMILES string of the molecule is COc1ccc(-c2ccc3c(c2)C2C(C)C3CCN2C(=O)C(C)(C)C)cc1. The molecule has 1 saturated heterocycles. The van der Waals surface area contributed by atoms with Gasteiger partial charge in [0.25, 0.3) is 0 Å². The highest BCUT2D eigenvalue weighted by Crippen LogP contribution is 2.54. The molecule has 2 aromatic rings. The quantitative estimate of drug-likeness (QED) is 0.713. The van der Waals surface area contributed by atoms with Crippen LogP contribution in [0.5, 0.6) is 5.75 Å². The number of likely N-dealkylation sites (tertiary alicyclic amines) is 1. The van der Waals surface area contributed by atoms with Gasteiger partial charge in [-0.15, -0.1) is 0 Å². The fraction of sp³-hybridized carbons (Fsp3) is 0.458. The molecular formula is C24H29NO2. The topological polar surface area (TPSA) is 29.5 Å². The van der Waals surface area contributed by atoms with Gasteiger partial charge in [0.05, 0.1) is 13.2 Å². The second-order valence-corrected chi connectivity index (χ2v) is 9.02. The maximum atomic E-state index is 13.1. The van der Waals surface area contributed by atoms with Crippen LogP contribution in [0.2, 0.25) is 0 Å². The van der Waals surface area contributed by atoms with Crippen LogP contribution in [0.15, 0.2) is 42.5 Å². The van der Waals surface area contributed by atoms with Gasteiger partial charge in [-0.05, 0) is 58.7 Å². The Hall–Kier alpha value is -2.29. The normalized spacial score (nSPS) is 23.9. The molecule has 27 heavy (non-hydrogen) atoms. The third-order valence-corrected chi connectivity index (χ3v) is 6.28. The molecule has 0 spiro atoms. The summed E-state index contributed by atoms with van der Waals surface area (Å²) >= 11 is 0. The van der Waals surface area contributed by atoms with Gasteiger partial charge in [0, 0.05) is 12.0 Å². The summed E-state index contributed by atoms with van der Waals surface area (Å²) in [7, 11) is 1.69. The van der Waals surface area contributed by atoms with Crippen molar-refractivity contribution in [3.05, 3.63) is 53.6 Å². The molecule has 1 aliphatic carbocycles. The van der Waals surface area contributed by atoms with Crippen LogP contribution in [0, 0.1) is 11.3 Å². The van der Waals surface area contributed by atoms with Crippen molar-refractivity contribution >= 4 is 5.91 Å². The number of hydrogen-bond donors (Lipinski definition) is 0. The van der Waals surface area contributed by atoms with Crippen LogP contribution in [0.3, 0.4) is 0 Å². The van der Waals surface area contributed by atoms with Gasteiger partial charge >= 0.3 is 0 Å². The summed E-state index contributed by atoms with van der Waals surface area (Å²) in [4.78, 5) is 15.2. The van der Waals surface area contributed by atoms with E-state index in [1.165, 1.54) is 22.3 Å². The van der Waals surface area contributed by atoms with E-state index in [1.54, 1.807) is 7.11 Å². The lowest BCUT2D eigenvalue weighted by molar-refractivity contribution is -0.144. The van der Waals surface area contributed by atoms with Crippen LogP contribution in [0.25, 0.3) is 11.1 Å². The first-order chi connectivity index (χ1) is 12.8. The predicted molar refractivity (Wildman–Crippen MR) is 109 cm³/mol. The van der Waals surface area contributed by atoms with Crippen molar-refractivity contribution in [1.82, 2.24) is 4.90 Å². The Morgan fingerprint density at radius 3 is 2.33 bits per heavy atom. The van der Waals surface area contributed by atoms with E-state index in [4.69, 9.17) is 4.74 Å². The summed E-state index contributed by atoms with van der Waals surface area (Å²) in [6.45, 7) is 9.24. The summed E-state index contributed by atoms with van der Waals surface area (Å²) in [5, 5.41) is 0. The maximum Gasteiger partial charge on any atom is 0.228 e. The van der Waals surface area contributed by atoms with Crippen molar-refractivity contribution in [2.24, 2.45) is 11.3 Å². The van der Waals surface area contributed by atoms with Crippen molar-refractivity contribution in [1.29, 1.82) is 0 Å². The lowest BCUT2D eigenvalue weighted by Gasteiger charge is -2.41. The van der Waals surface area contributed by atoms with Gasteiger partial charge in [0.2, 0.25) is 5.91 Å². The highest BCUT2D eigenvalue weighted by atomic mass is 16.5. The minimum absolute atomic E-state index is 0.198. The van der Waals surface area contributed by atoms with Crippen molar-refractivity contribution in [3.63, 3.8) is 0 Å². The highest BCUT2D eigenvalue weighted by molar-refractivity contribution is 5.82. The average molecular weight is 364 g/mol. The van der Waals surface area contributed by atoms with E-state index in [9.17, 15) is 4.79 Å². The van der Waals surface area contributed by atoms with Gasteiger partial charge in [-0.3, -0.25) is 4.79 Å². The molecule has 3 unspecified atom stereocenters. The first-order valence-corrected chi connectivity index (χ1v) is 9.90. The summed E-state index contributed by atoms with van der Waals surface area (Å²) in [6.07, 6.45) is 1.06. The van der Waals surface area contributed by atoms with Crippen molar-refractivity contribution in [3.8, 4) is 16.9 Å². The number of fused-ring (bicyclic) bond motifs is 5. The number of piperidine rings is 1. The zero-order valence-corrected chi connectivity index (χ0v) is 17.0. The number of carbonyl (C=O) groups is 1. The van der Waals surface area contributed by atoms with E-state index in [0.717, 1.165) is 18.7 Å². The molecule has 0 saturated carbocycles. The van der Waals surface area contributed by atoms with E-state index in [1.807, 2.05) is 32.9 Å². The van der Waals surface area contributed by atoms with Gasteiger partial charge in [-0.25, -0.2) is 0 Å². The van der Waals surface area contributed by atoms with E-state index >= 15 is 0 Å². The third-order valence-electron chi connectivity index (χ3n) is 6.28. The smallest absolute Gasteiger partial charge is 0.228 e. The van der Waals surface area contributed by atoms with Crippen molar-refractivity contribution in [2.75, 3.05) is 13.7 Å². The lowest BCUT2D eigenvalue weighted by Crippen LogP contribution is -2.46. The summed E-state index contributed by atoms with van der Waals surface area (Å²) in [6, 6.07) is 15.2. The Morgan fingerprint density at radius 1 is 1.04 bits per heavy atom. The average Bonchev–Trinajstić information content (AvgIpc) is 2.82. The van der Waals surface area contributed by atoms with Crippen LogP contribution in [-0.2, 0) is 4.79 Å². The van der Waals surface area contributed by atoms with Crippen LogP contribution in [0.4, 0.5) is 0 Å². The third kappa shape index (κ3) is 2.93. The molecule has 4 rings (SSSR count). The number of ether oxygens (including phenoxy) is 1. The zero-order chi connectivity index (χ0) is 19.3. The highest BCUT2D eigenvalue weighted by Gasteiger charge is 2.47. The van der Waals surface area contributed by atoms with E-state index in [0.29, 0.717) is 11.8 Å². The molecule has 3 atom stereocenters. The Balaban J connectivity index is 1.74. The molecule has 3 heteroatoms. The number of nitrogens with zero attached hydrogens (tertiary/aromatic N) is 1. The number of rotatable bonds is 2. The molecule has 142 valence electrons. The largest absolute Gasteiger partial charge is 0.497 e. The summed E-state index contributed by atoms with van der Waals surface area (Å²) in [5.74, 6) is 2.18. The second-order valence-electron chi connectivity index (χ2n) is 9.02. The number of methoxy groups -OCH3 is 1. The maximum absolute atomic E-state index is 13.1. The number of hydrogen-bond acceptors (Lipinski definition) is 2. The van der Waals surface area contributed by atoms with Gasteiger partial charge < -0.3 is 9.64 Å². The number of amides is 1. The molecule has 0 radical (unpaired) electrons. The molecule has 1 amide bonds. The molecule has 3 nitrogen and oxygen atoms in total. The molecule has 1 aliphatic heterocycles. The van der Waals surface area contributed by atoms with Gasteiger partial charge in [0.1, 0.15) is 5.75 Å². The molecule has 2 bridgehead atoms. The molecule has 2 aromatic carbocycles. The summed E-state index contributed by atoms with van der Waals surface area (Å²) in [5.41, 5.74) is 4.83. The van der Waals surface area contributed by atoms with Gasteiger partial charge in [-0.2, -0.15) is 0 Å². The first-order valence-electron chi connectivity index (χ1n) is 9.90. The van der Waals surface area contributed by atoms with Gasteiger partial charge in [-0.1, -0.05) is 52.0 Å². The van der Waals surface area contributed by atoms with E-state index in [-0.39, 0.29) is 17.4 Å². The predicted octanol–water partition coefficient (Wildman–Crippen LogP) is 5.42. The van der Waals surface area contributed by atoms with Crippen molar-refractivity contribution < 1.29 is 9.53 Å². The van der Waals surface area contributed by atoms with E-state index < -0.39 is 0 Å². The van der Waals surface area contributed by atoms with Crippen LogP contribution in [0.1, 0.15) is 57.2 Å². The van der Waals surface area contributed by atoms with Crippen LogP contribution in [-0.4, -0.2) is 24.5 Å². The number of carbonyl (C=O) groups excluding carboxylic acids is 1. The molecule has 1 fully saturated rings. The van der Waals surface area contributed by atoms with E-state index in [2.05, 4.69) is 42.2 Å². The first kappa shape index (κ1) is 18.1. The zero-order valence-electron chi connectivity index (χ0n) is 17.0. The van der Waals surface area contributed by atoms with Gasteiger partial charge in [0.15, 0.2) is 0 Å². The fourth-order valence-electron chi connectivity index (χ4n) is 4.86. The Bertz CT molecular complexity index is 863. The standard InChI is InChI=1S/C24H29NO2/c1-15-19-12-13-25(23(26)24(2,3)4)22(15)21-14-17(8-11-20(19)21)16-6-9-18(27-5)10-7-16/h6-11,14-15,19,22H,12-13H2,1-5H3. The monoisotopic (exact) mass is 363 g/mol. The Labute approximate surface area is 162 Å². The molecular weight excluding hydrogens is 334 g/mol. The molecule has 2 aliphatic rings. The second kappa shape index (κ2) is 6.40. The van der Waals surface area contributed by atoms with Crippen LogP contribution < -0.4 is 4.74 Å². The minimum Gasteiger partial charge on any atom is -0.497 e. The molecule has 0 N–H and O–H groups in total. The molecule has 0 aromatic heterocycles.